The summed E-state index contributed by atoms with van der Waals surface area (Å²) in [6.45, 7) is 3.36. The Bertz CT molecular complexity index is 495. The van der Waals surface area contributed by atoms with Crippen molar-refractivity contribution in [3.05, 3.63) is 23.7 Å². The van der Waals surface area contributed by atoms with E-state index in [1.165, 1.54) is 0 Å². The molecular weight excluding hydrogens is 226 g/mol. The van der Waals surface area contributed by atoms with Crippen molar-refractivity contribution in [2.24, 2.45) is 0 Å². The third-order valence-electron chi connectivity index (χ3n) is 2.44. The lowest BCUT2D eigenvalue weighted by Crippen LogP contribution is -2.07. The molecule has 5 heteroatoms. The highest BCUT2D eigenvalue weighted by Gasteiger charge is 2.10. The number of aromatic nitrogens is 3. The largest absolute Gasteiger partial charge is 0.383 e. The molecule has 16 heavy (non-hydrogen) atoms. The summed E-state index contributed by atoms with van der Waals surface area (Å²) in [5, 5.41) is 0. The number of imidazole rings is 1. The normalized spacial score (nSPS) is 11.2. The number of hydrogen-bond acceptors (Lipinski definition) is 3. The third kappa shape index (κ3) is 2.03. The molecule has 0 spiro atoms. The average molecular weight is 240 g/mol. The average Bonchev–Trinajstić information content (AvgIpc) is 2.63. The molecule has 0 aliphatic carbocycles. The summed E-state index contributed by atoms with van der Waals surface area (Å²) in [5.41, 5.74) is 2.87. The highest BCUT2D eigenvalue weighted by atomic mass is 35.5. The summed E-state index contributed by atoms with van der Waals surface area (Å²) in [7, 11) is 1.68. The molecule has 2 rings (SSSR count). The highest BCUT2D eigenvalue weighted by molar-refractivity contribution is 6.16. The molecule has 0 aliphatic rings. The van der Waals surface area contributed by atoms with E-state index in [1.807, 2.05) is 23.8 Å². The van der Waals surface area contributed by atoms with Crippen molar-refractivity contribution < 1.29 is 4.74 Å². The molecule has 2 aromatic heterocycles. The third-order valence-corrected chi connectivity index (χ3v) is 2.68. The van der Waals surface area contributed by atoms with E-state index >= 15 is 0 Å². The van der Waals surface area contributed by atoms with Crippen LogP contribution in [0.5, 0.6) is 0 Å². The van der Waals surface area contributed by atoms with Crippen LogP contribution in [-0.2, 0) is 17.2 Å². The first-order valence-corrected chi connectivity index (χ1v) is 5.66. The van der Waals surface area contributed by atoms with Gasteiger partial charge in [-0.2, -0.15) is 0 Å². The van der Waals surface area contributed by atoms with Crippen LogP contribution in [0.2, 0.25) is 0 Å². The summed E-state index contributed by atoms with van der Waals surface area (Å²) < 4.78 is 7.07. The lowest BCUT2D eigenvalue weighted by Gasteiger charge is -2.05. The Morgan fingerprint density at radius 3 is 3.00 bits per heavy atom. The minimum Gasteiger partial charge on any atom is -0.383 e. The van der Waals surface area contributed by atoms with E-state index in [0.29, 0.717) is 12.5 Å². The van der Waals surface area contributed by atoms with E-state index in [0.717, 1.165) is 29.1 Å². The zero-order valence-electron chi connectivity index (χ0n) is 9.40. The molecule has 0 bridgehead atoms. The van der Waals surface area contributed by atoms with Gasteiger partial charge in [0.15, 0.2) is 5.65 Å². The van der Waals surface area contributed by atoms with Crippen LogP contribution in [0.3, 0.4) is 0 Å². The monoisotopic (exact) mass is 239 g/mol. The molecule has 0 aromatic carbocycles. The summed E-state index contributed by atoms with van der Waals surface area (Å²) in [6, 6.07) is 2.02. The number of rotatable bonds is 4. The number of methoxy groups -OCH3 is 1. The van der Waals surface area contributed by atoms with Crippen molar-refractivity contribution in [3.8, 4) is 0 Å². The molecule has 2 aromatic rings. The SMILES string of the molecule is COCCn1c(CCl)nc2cc(C)cnc21. The molecule has 0 atom stereocenters. The van der Waals surface area contributed by atoms with Gasteiger partial charge >= 0.3 is 0 Å². The van der Waals surface area contributed by atoms with Crippen LogP contribution in [0.25, 0.3) is 11.2 Å². The first-order chi connectivity index (χ1) is 7.76. The molecule has 0 fully saturated rings. The van der Waals surface area contributed by atoms with Crippen LogP contribution in [0, 0.1) is 6.92 Å². The Hall–Kier alpha value is -1.13. The molecule has 0 saturated carbocycles. The van der Waals surface area contributed by atoms with Gasteiger partial charge in [-0.15, -0.1) is 11.6 Å². The number of alkyl halides is 1. The van der Waals surface area contributed by atoms with Crippen molar-refractivity contribution in [2.45, 2.75) is 19.3 Å². The Balaban J connectivity index is 2.50. The van der Waals surface area contributed by atoms with Crippen molar-refractivity contribution in [1.82, 2.24) is 14.5 Å². The molecule has 0 N–H and O–H groups in total. The zero-order valence-corrected chi connectivity index (χ0v) is 10.2. The second-order valence-electron chi connectivity index (χ2n) is 3.66. The fourth-order valence-corrected chi connectivity index (χ4v) is 1.88. The summed E-state index contributed by atoms with van der Waals surface area (Å²) in [5.74, 6) is 1.23. The molecule has 0 unspecified atom stereocenters. The van der Waals surface area contributed by atoms with Crippen molar-refractivity contribution >= 4 is 22.8 Å². The quantitative estimate of drug-likeness (QED) is 0.768. The van der Waals surface area contributed by atoms with E-state index in [9.17, 15) is 0 Å². The van der Waals surface area contributed by atoms with E-state index in [2.05, 4.69) is 9.97 Å². The maximum atomic E-state index is 5.87. The number of halogens is 1. The molecular formula is C11H14ClN3O. The maximum Gasteiger partial charge on any atom is 0.160 e. The van der Waals surface area contributed by atoms with Gasteiger partial charge < -0.3 is 9.30 Å². The summed E-state index contributed by atoms with van der Waals surface area (Å²) in [4.78, 5) is 8.85. The smallest absolute Gasteiger partial charge is 0.160 e. The fourth-order valence-electron chi connectivity index (χ4n) is 1.68. The number of nitrogens with zero attached hydrogens (tertiary/aromatic N) is 3. The van der Waals surface area contributed by atoms with E-state index < -0.39 is 0 Å². The van der Waals surface area contributed by atoms with Gasteiger partial charge in [-0.1, -0.05) is 0 Å². The summed E-state index contributed by atoms with van der Waals surface area (Å²) in [6.07, 6.45) is 1.84. The molecule has 0 saturated heterocycles. The molecule has 0 amide bonds. The van der Waals surface area contributed by atoms with Crippen molar-refractivity contribution in [3.63, 3.8) is 0 Å². The van der Waals surface area contributed by atoms with Crippen molar-refractivity contribution in [2.75, 3.05) is 13.7 Å². The van der Waals surface area contributed by atoms with E-state index in [4.69, 9.17) is 16.3 Å². The first kappa shape index (κ1) is 11.4. The lowest BCUT2D eigenvalue weighted by atomic mass is 10.3. The van der Waals surface area contributed by atoms with E-state index in [1.54, 1.807) is 7.11 Å². The zero-order chi connectivity index (χ0) is 11.5. The number of hydrogen-bond donors (Lipinski definition) is 0. The summed E-state index contributed by atoms with van der Waals surface area (Å²) >= 11 is 5.87. The topological polar surface area (TPSA) is 39.9 Å². The second-order valence-corrected chi connectivity index (χ2v) is 3.93. The number of aryl methyl sites for hydroxylation is 1. The van der Waals surface area contributed by atoms with Gasteiger partial charge in [0.1, 0.15) is 11.3 Å². The number of fused-ring (bicyclic) bond motifs is 1. The van der Waals surface area contributed by atoms with Crippen LogP contribution in [-0.4, -0.2) is 28.3 Å². The van der Waals surface area contributed by atoms with Crippen LogP contribution in [0.4, 0.5) is 0 Å². The Morgan fingerprint density at radius 2 is 2.31 bits per heavy atom. The second kappa shape index (κ2) is 4.80. The Labute approximate surface area is 99.2 Å². The van der Waals surface area contributed by atoms with Crippen LogP contribution < -0.4 is 0 Å². The maximum absolute atomic E-state index is 5.87. The van der Waals surface area contributed by atoms with E-state index in [-0.39, 0.29) is 0 Å². The predicted molar refractivity (Wildman–Crippen MR) is 63.7 cm³/mol. The van der Waals surface area contributed by atoms with Gasteiger partial charge in [0, 0.05) is 19.9 Å². The first-order valence-electron chi connectivity index (χ1n) is 5.13. The van der Waals surface area contributed by atoms with Crippen molar-refractivity contribution in [1.29, 1.82) is 0 Å². The van der Waals surface area contributed by atoms with Crippen LogP contribution >= 0.6 is 11.6 Å². The predicted octanol–water partition coefficient (Wildman–Crippen LogP) is 2.12. The van der Waals surface area contributed by atoms with Gasteiger partial charge in [0.2, 0.25) is 0 Å². The van der Waals surface area contributed by atoms with Crippen LogP contribution in [0.15, 0.2) is 12.3 Å². The van der Waals surface area contributed by atoms with Crippen LogP contribution in [0.1, 0.15) is 11.4 Å². The molecule has 4 nitrogen and oxygen atoms in total. The minimum absolute atomic E-state index is 0.388. The number of ether oxygens (including phenoxy) is 1. The molecule has 0 aliphatic heterocycles. The van der Waals surface area contributed by atoms with Gasteiger partial charge in [-0.25, -0.2) is 9.97 Å². The number of pyridine rings is 1. The lowest BCUT2D eigenvalue weighted by molar-refractivity contribution is 0.187. The fraction of sp³-hybridized carbons (Fsp3) is 0.455. The standard InChI is InChI=1S/C11H14ClN3O/c1-8-5-9-11(13-7-8)15(3-4-16-2)10(6-12)14-9/h5,7H,3-4,6H2,1-2H3. The minimum atomic E-state index is 0.388. The van der Waals surface area contributed by atoms with Gasteiger partial charge in [-0.3, -0.25) is 0 Å². The molecule has 86 valence electrons. The van der Waals surface area contributed by atoms with Gasteiger partial charge in [0.05, 0.1) is 12.5 Å². The van der Waals surface area contributed by atoms with Gasteiger partial charge in [-0.05, 0) is 18.6 Å². The Kier molecular flexibility index (Phi) is 3.41. The molecule has 0 radical (unpaired) electrons. The highest BCUT2D eigenvalue weighted by Crippen LogP contribution is 2.16. The molecule has 2 heterocycles. The van der Waals surface area contributed by atoms with Gasteiger partial charge in [0.25, 0.3) is 0 Å². The Morgan fingerprint density at radius 1 is 1.50 bits per heavy atom.